The Kier molecular flexibility index (Phi) is 9.38. The molecule has 0 spiro atoms. The molecule has 2 atom stereocenters. The molecule has 1 saturated heterocycles. The highest BCUT2D eigenvalue weighted by atomic mass is 79.9. The lowest BCUT2D eigenvalue weighted by Crippen LogP contribution is -2.40. The SMILES string of the molecule is Cc1ccccc1NC(=O)Nc1ccc(CC(=O)N2C[C@@H](F)C[C@H]2COC2CCC(C(=O)O)CC2)cc1Br. The fourth-order valence-corrected chi connectivity index (χ4v) is 5.61. The van der Waals surface area contributed by atoms with Crippen LogP contribution in [0.25, 0.3) is 0 Å². The number of para-hydroxylation sites is 1. The zero-order valence-corrected chi connectivity index (χ0v) is 22.9. The number of carboxylic acid groups (broad SMARTS) is 1. The number of ether oxygens (including phenoxy) is 1. The van der Waals surface area contributed by atoms with E-state index in [-0.39, 0.29) is 56.0 Å². The van der Waals surface area contributed by atoms with Crippen LogP contribution >= 0.6 is 15.9 Å². The van der Waals surface area contributed by atoms with Crippen molar-refractivity contribution in [2.24, 2.45) is 5.92 Å². The molecule has 10 heteroatoms. The molecule has 1 aliphatic carbocycles. The van der Waals surface area contributed by atoms with Crippen molar-refractivity contribution in [2.75, 3.05) is 23.8 Å². The predicted octanol–water partition coefficient (Wildman–Crippen LogP) is 5.54. The molecule has 1 aliphatic heterocycles. The van der Waals surface area contributed by atoms with E-state index in [1.54, 1.807) is 23.1 Å². The van der Waals surface area contributed by atoms with Gasteiger partial charge in [-0.15, -0.1) is 0 Å². The lowest BCUT2D eigenvalue weighted by atomic mass is 9.87. The number of anilines is 2. The maximum Gasteiger partial charge on any atom is 0.323 e. The average molecular weight is 590 g/mol. The Morgan fingerprint density at radius 3 is 2.47 bits per heavy atom. The number of hydrogen-bond donors (Lipinski definition) is 3. The fourth-order valence-electron chi connectivity index (χ4n) is 5.08. The van der Waals surface area contributed by atoms with Crippen LogP contribution in [0.5, 0.6) is 0 Å². The minimum Gasteiger partial charge on any atom is -0.481 e. The second-order valence-electron chi connectivity index (χ2n) is 10.1. The number of carboxylic acids is 1. The average Bonchev–Trinajstić information content (AvgIpc) is 3.26. The van der Waals surface area contributed by atoms with Crippen molar-refractivity contribution < 1.29 is 28.6 Å². The van der Waals surface area contributed by atoms with Gasteiger partial charge in [-0.05, 0) is 77.9 Å². The topological polar surface area (TPSA) is 108 Å². The molecular formula is C28H33BrFN3O5. The summed E-state index contributed by atoms with van der Waals surface area (Å²) in [5.41, 5.74) is 2.95. The molecule has 0 radical (unpaired) electrons. The van der Waals surface area contributed by atoms with Crippen LogP contribution < -0.4 is 10.6 Å². The summed E-state index contributed by atoms with van der Waals surface area (Å²) < 4.78 is 20.9. The quantitative estimate of drug-likeness (QED) is 0.374. The number of amides is 3. The van der Waals surface area contributed by atoms with E-state index in [4.69, 9.17) is 9.84 Å². The van der Waals surface area contributed by atoms with Gasteiger partial charge < -0.3 is 25.4 Å². The number of likely N-dealkylation sites (tertiary alicyclic amines) is 1. The van der Waals surface area contributed by atoms with E-state index in [1.165, 1.54) is 0 Å². The van der Waals surface area contributed by atoms with Crippen molar-refractivity contribution in [3.05, 3.63) is 58.1 Å². The molecule has 3 N–H and O–H groups in total. The molecule has 38 heavy (non-hydrogen) atoms. The van der Waals surface area contributed by atoms with Crippen LogP contribution in [0.3, 0.4) is 0 Å². The minimum absolute atomic E-state index is 0.0402. The van der Waals surface area contributed by atoms with Crippen LogP contribution in [0, 0.1) is 12.8 Å². The maximum absolute atomic E-state index is 14.3. The molecule has 0 bridgehead atoms. The summed E-state index contributed by atoms with van der Waals surface area (Å²) in [5.74, 6) is -1.27. The summed E-state index contributed by atoms with van der Waals surface area (Å²) in [6.07, 6.45) is 1.65. The summed E-state index contributed by atoms with van der Waals surface area (Å²) in [5, 5.41) is 14.8. The van der Waals surface area contributed by atoms with Gasteiger partial charge >= 0.3 is 12.0 Å². The Hall–Kier alpha value is -2.98. The lowest BCUT2D eigenvalue weighted by molar-refractivity contribution is -0.144. The van der Waals surface area contributed by atoms with Gasteiger partial charge in [0.1, 0.15) is 6.17 Å². The van der Waals surface area contributed by atoms with E-state index >= 15 is 0 Å². The number of benzene rings is 2. The van der Waals surface area contributed by atoms with Crippen molar-refractivity contribution in [1.29, 1.82) is 0 Å². The third kappa shape index (κ3) is 7.32. The van der Waals surface area contributed by atoms with E-state index in [2.05, 4.69) is 26.6 Å². The van der Waals surface area contributed by atoms with Crippen molar-refractivity contribution in [3.8, 4) is 0 Å². The van der Waals surface area contributed by atoms with Crippen LogP contribution in [-0.4, -0.2) is 59.4 Å². The van der Waals surface area contributed by atoms with Gasteiger partial charge in [0.2, 0.25) is 5.91 Å². The second kappa shape index (κ2) is 12.7. The Balaban J connectivity index is 1.30. The highest BCUT2D eigenvalue weighted by molar-refractivity contribution is 9.10. The standard InChI is InChI=1S/C28H33BrFN3O5/c1-17-4-2-3-5-24(17)31-28(37)32-25-11-6-18(12-23(25)29)13-26(34)33-15-20(30)14-21(33)16-38-22-9-7-19(8-10-22)27(35)36/h2-6,11-12,19-22H,7-10,13-16H2,1H3,(H,35,36)(H2,31,32,37)/t19?,20-,21-,22?/m0/s1. The number of alkyl halides is 1. The molecule has 1 saturated carbocycles. The maximum atomic E-state index is 14.3. The van der Waals surface area contributed by atoms with Crippen LogP contribution in [0.4, 0.5) is 20.6 Å². The Labute approximate surface area is 230 Å². The first-order valence-electron chi connectivity index (χ1n) is 12.9. The minimum atomic E-state index is -1.10. The molecule has 8 nitrogen and oxygen atoms in total. The third-order valence-electron chi connectivity index (χ3n) is 7.26. The number of carbonyl (C=O) groups excluding carboxylic acids is 2. The first-order valence-corrected chi connectivity index (χ1v) is 13.7. The number of urea groups is 1. The van der Waals surface area contributed by atoms with Gasteiger partial charge in [0.25, 0.3) is 0 Å². The van der Waals surface area contributed by atoms with Gasteiger partial charge in [-0.2, -0.15) is 0 Å². The number of hydrogen-bond acceptors (Lipinski definition) is 4. The van der Waals surface area contributed by atoms with Crippen molar-refractivity contribution in [1.82, 2.24) is 4.90 Å². The van der Waals surface area contributed by atoms with Gasteiger partial charge in [0.15, 0.2) is 0 Å². The van der Waals surface area contributed by atoms with Gasteiger partial charge in [-0.3, -0.25) is 9.59 Å². The molecule has 1 heterocycles. The first-order chi connectivity index (χ1) is 18.2. The summed E-state index contributed by atoms with van der Waals surface area (Å²) >= 11 is 3.47. The predicted molar refractivity (Wildman–Crippen MR) is 146 cm³/mol. The zero-order valence-electron chi connectivity index (χ0n) is 21.3. The van der Waals surface area contributed by atoms with Gasteiger partial charge in [-0.25, -0.2) is 9.18 Å². The summed E-state index contributed by atoms with van der Waals surface area (Å²) in [4.78, 5) is 38.2. The fraction of sp³-hybridized carbons (Fsp3) is 0.464. The van der Waals surface area contributed by atoms with Gasteiger partial charge in [0.05, 0.1) is 43.3 Å². The molecule has 0 aromatic heterocycles. The van der Waals surface area contributed by atoms with Crippen molar-refractivity contribution >= 4 is 45.2 Å². The zero-order chi connectivity index (χ0) is 27.2. The van der Waals surface area contributed by atoms with E-state index in [0.717, 1.165) is 11.1 Å². The van der Waals surface area contributed by atoms with Crippen molar-refractivity contribution in [2.45, 2.75) is 63.8 Å². The molecule has 2 aromatic carbocycles. The van der Waals surface area contributed by atoms with E-state index < -0.39 is 12.1 Å². The number of nitrogens with one attached hydrogen (secondary N) is 2. The van der Waals surface area contributed by atoms with Gasteiger partial charge in [-0.1, -0.05) is 24.3 Å². The number of aliphatic carboxylic acids is 1. The Morgan fingerprint density at radius 2 is 1.79 bits per heavy atom. The van der Waals surface area contributed by atoms with Crippen molar-refractivity contribution in [3.63, 3.8) is 0 Å². The number of nitrogens with zero attached hydrogens (tertiary/aromatic N) is 1. The summed E-state index contributed by atoms with van der Waals surface area (Å²) in [6, 6.07) is 12.0. The number of aryl methyl sites for hydroxylation is 1. The first kappa shape index (κ1) is 28.0. The monoisotopic (exact) mass is 589 g/mol. The van der Waals surface area contributed by atoms with E-state index in [0.29, 0.717) is 41.5 Å². The number of halogens is 2. The molecule has 2 aromatic rings. The van der Waals surface area contributed by atoms with E-state index in [1.807, 2.05) is 31.2 Å². The normalized spacial score (nSPS) is 23.2. The number of rotatable bonds is 8. The Bertz CT molecular complexity index is 1170. The lowest BCUT2D eigenvalue weighted by Gasteiger charge is -2.29. The van der Waals surface area contributed by atoms with Crippen LogP contribution in [0.15, 0.2) is 46.9 Å². The van der Waals surface area contributed by atoms with Crippen LogP contribution in [0.1, 0.15) is 43.2 Å². The summed E-state index contributed by atoms with van der Waals surface area (Å²) in [7, 11) is 0. The molecule has 0 unspecified atom stereocenters. The Morgan fingerprint density at radius 1 is 1.08 bits per heavy atom. The third-order valence-corrected chi connectivity index (χ3v) is 7.92. The van der Waals surface area contributed by atoms with Crippen LogP contribution in [0.2, 0.25) is 0 Å². The molecule has 2 aliphatic rings. The molecule has 3 amide bonds. The van der Waals surface area contributed by atoms with E-state index in [9.17, 15) is 18.8 Å². The van der Waals surface area contributed by atoms with Crippen LogP contribution in [-0.2, 0) is 20.7 Å². The molecule has 204 valence electrons. The molecular weight excluding hydrogens is 557 g/mol. The highest BCUT2D eigenvalue weighted by Crippen LogP contribution is 2.29. The molecule has 4 rings (SSSR count). The highest BCUT2D eigenvalue weighted by Gasteiger charge is 2.36. The largest absolute Gasteiger partial charge is 0.481 e. The molecule has 2 fully saturated rings. The smallest absolute Gasteiger partial charge is 0.323 e. The van der Waals surface area contributed by atoms with Gasteiger partial charge in [0, 0.05) is 16.6 Å². The second-order valence-corrected chi connectivity index (χ2v) is 10.9. The number of carbonyl (C=O) groups is 3. The summed E-state index contributed by atoms with van der Waals surface area (Å²) in [6.45, 7) is 2.20.